The summed E-state index contributed by atoms with van der Waals surface area (Å²) >= 11 is 0. The van der Waals surface area contributed by atoms with E-state index in [2.05, 4.69) is 63.3 Å². The first-order valence-corrected chi connectivity index (χ1v) is 8.79. The molecule has 1 aliphatic carbocycles. The maximum atomic E-state index is 3.74. The highest BCUT2D eigenvalue weighted by atomic mass is 14.9. The van der Waals surface area contributed by atoms with Gasteiger partial charge in [-0.25, -0.2) is 0 Å². The molecule has 0 saturated heterocycles. The summed E-state index contributed by atoms with van der Waals surface area (Å²) in [7, 11) is 0. The number of hydrogen-bond acceptors (Lipinski definition) is 1. The SMILES string of the molecule is CCCC1CCC(CNC(C)(C)C)C(c2ccccc2)C1. The second-order valence-electron chi connectivity index (χ2n) is 7.88. The summed E-state index contributed by atoms with van der Waals surface area (Å²) < 4.78 is 0. The Morgan fingerprint density at radius 3 is 2.43 bits per heavy atom. The van der Waals surface area contributed by atoms with Crippen molar-refractivity contribution in [2.45, 2.75) is 71.3 Å². The normalized spacial score (nSPS) is 26.8. The van der Waals surface area contributed by atoms with Crippen molar-refractivity contribution in [1.29, 1.82) is 0 Å². The van der Waals surface area contributed by atoms with E-state index in [9.17, 15) is 0 Å². The predicted molar refractivity (Wildman–Crippen MR) is 92.7 cm³/mol. The van der Waals surface area contributed by atoms with Gasteiger partial charge in [0.05, 0.1) is 0 Å². The summed E-state index contributed by atoms with van der Waals surface area (Å²) in [6.07, 6.45) is 6.93. The minimum atomic E-state index is 0.224. The minimum Gasteiger partial charge on any atom is -0.312 e. The molecule has 1 nitrogen and oxygen atoms in total. The van der Waals surface area contributed by atoms with Crippen LogP contribution < -0.4 is 5.32 Å². The van der Waals surface area contributed by atoms with Crippen LogP contribution in [0.25, 0.3) is 0 Å². The monoisotopic (exact) mass is 287 g/mol. The molecule has 2 rings (SSSR count). The third kappa shape index (κ3) is 5.14. The van der Waals surface area contributed by atoms with Gasteiger partial charge < -0.3 is 5.32 Å². The summed E-state index contributed by atoms with van der Waals surface area (Å²) in [4.78, 5) is 0. The van der Waals surface area contributed by atoms with Crippen LogP contribution in [0.1, 0.15) is 71.3 Å². The predicted octanol–water partition coefficient (Wildman–Crippen LogP) is 5.37. The average molecular weight is 287 g/mol. The zero-order chi connectivity index (χ0) is 15.3. The second kappa shape index (κ2) is 7.45. The first-order chi connectivity index (χ1) is 9.99. The molecule has 1 aromatic carbocycles. The molecule has 0 spiro atoms. The maximum absolute atomic E-state index is 3.74. The van der Waals surface area contributed by atoms with Crippen LogP contribution in [0.2, 0.25) is 0 Å². The van der Waals surface area contributed by atoms with Crippen LogP contribution in [0, 0.1) is 11.8 Å². The van der Waals surface area contributed by atoms with Gasteiger partial charge in [0.2, 0.25) is 0 Å². The van der Waals surface area contributed by atoms with Gasteiger partial charge in [0.25, 0.3) is 0 Å². The van der Waals surface area contributed by atoms with Crippen LogP contribution in [0.4, 0.5) is 0 Å². The lowest BCUT2D eigenvalue weighted by atomic mass is 9.70. The van der Waals surface area contributed by atoms with E-state index >= 15 is 0 Å². The fraction of sp³-hybridized carbons (Fsp3) is 0.700. The highest BCUT2D eigenvalue weighted by molar-refractivity contribution is 5.21. The van der Waals surface area contributed by atoms with Crippen molar-refractivity contribution < 1.29 is 0 Å². The summed E-state index contributed by atoms with van der Waals surface area (Å²) in [6.45, 7) is 10.3. The number of rotatable bonds is 5. The van der Waals surface area contributed by atoms with E-state index in [1.165, 1.54) is 32.1 Å². The largest absolute Gasteiger partial charge is 0.312 e. The minimum absolute atomic E-state index is 0.224. The molecule has 0 aliphatic heterocycles. The molecule has 3 unspecified atom stereocenters. The fourth-order valence-corrected chi connectivity index (χ4v) is 3.78. The Labute approximate surface area is 131 Å². The van der Waals surface area contributed by atoms with Crippen molar-refractivity contribution in [2.75, 3.05) is 6.54 Å². The summed E-state index contributed by atoms with van der Waals surface area (Å²) in [5.41, 5.74) is 1.78. The van der Waals surface area contributed by atoms with Gasteiger partial charge in [0.15, 0.2) is 0 Å². The molecule has 1 N–H and O–H groups in total. The van der Waals surface area contributed by atoms with Crippen molar-refractivity contribution in [3.63, 3.8) is 0 Å². The Morgan fingerprint density at radius 1 is 1.10 bits per heavy atom. The van der Waals surface area contributed by atoms with Crippen LogP contribution in [-0.4, -0.2) is 12.1 Å². The zero-order valence-electron chi connectivity index (χ0n) is 14.4. The molecular weight excluding hydrogens is 254 g/mol. The van der Waals surface area contributed by atoms with Crippen LogP contribution in [0.15, 0.2) is 30.3 Å². The maximum Gasteiger partial charge on any atom is 0.00966 e. The molecule has 0 bridgehead atoms. The first-order valence-electron chi connectivity index (χ1n) is 8.79. The standard InChI is InChI=1S/C20H33N/c1-5-9-16-12-13-18(15-21-20(2,3)4)19(14-16)17-10-7-6-8-11-17/h6-8,10-11,16,18-19,21H,5,9,12-15H2,1-4H3. The number of hydrogen-bond donors (Lipinski definition) is 1. The summed E-state index contributed by atoms with van der Waals surface area (Å²) in [5.74, 6) is 2.47. The quantitative estimate of drug-likeness (QED) is 0.767. The molecule has 21 heavy (non-hydrogen) atoms. The van der Waals surface area contributed by atoms with Crippen molar-refractivity contribution in [3.05, 3.63) is 35.9 Å². The molecule has 1 aromatic rings. The molecular formula is C20H33N. The number of benzene rings is 1. The van der Waals surface area contributed by atoms with Gasteiger partial charge in [-0.3, -0.25) is 0 Å². The van der Waals surface area contributed by atoms with Crippen LogP contribution in [-0.2, 0) is 0 Å². The van der Waals surface area contributed by atoms with E-state index in [-0.39, 0.29) is 5.54 Å². The number of nitrogens with one attached hydrogen (secondary N) is 1. The average Bonchev–Trinajstić information content (AvgIpc) is 2.46. The third-order valence-corrected chi connectivity index (χ3v) is 4.92. The lowest BCUT2D eigenvalue weighted by Crippen LogP contribution is -2.41. The highest BCUT2D eigenvalue weighted by Crippen LogP contribution is 2.42. The Morgan fingerprint density at radius 2 is 1.81 bits per heavy atom. The van der Waals surface area contributed by atoms with Gasteiger partial charge in [0.1, 0.15) is 0 Å². The third-order valence-electron chi connectivity index (χ3n) is 4.92. The molecule has 1 saturated carbocycles. The van der Waals surface area contributed by atoms with E-state index in [4.69, 9.17) is 0 Å². The van der Waals surface area contributed by atoms with E-state index in [1.807, 2.05) is 0 Å². The van der Waals surface area contributed by atoms with Crippen LogP contribution in [0.5, 0.6) is 0 Å². The van der Waals surface area contributed by atoms with Crippen molar-refractivity contribution in [1.82, 2.24) is 5.32 Å². The lowest BCUT2D eigenvalue weighted by molar-refractivity contribution is 0.209. The Hall–Kier alpha value is -0.820. The smallest absolute Gasteiger partial charge is 0.00966 e. The van der Waals surface area contributed by atoms with E-state index in [1.54, 1.807) is 5.56 Å². The van der Waals surface area contributed by atoms with Crippen molar-refractivity contribution in [2.24, 2.45) is 11.8 Å². The Bertz CT molecular complexity index is 404. The molecule has 1 heteroatoms. The Kier molecular flexibility index (Phi) is 5.87. The van der Waals surface area contributed by atoms with E-state index in [0.717, 1.165) is 24.3 Å². The van der Waals surface area contributed by atoms with Gasteiger partial charge in [-0.2, -0.15) is 0 Å². The Balaban J connectivity index is 2.07. The highest BCUT2D eigenvalue weighted by Gasteiger charge is 2.31. The first kappa shape index (κ1) is 16.5. The van der Waals surface area contributed by atoms with E-state index < -0.39 is 0 Å². The molecule has 0 aromatic heterocycles. The van der Waals surface area contributed by atoms with Gasteiger partial charge in [-0.1, -0.05) is 56.5 Å². The molecule has 3 atom stereocenters. The van der Waals surface area contributed by atoms with Crippen LogP contribution in [0.3, 0.4) is 0 Å². The van der Waals surface area contributed by atoms with Crippen LogP contribution >= 0.6 is 0 Å². The molecule has 0 radical (unpaired) electrons. The molecule has 1 aliphatic rings. The van der Waals surface area contributed by atoms with Crippen molar-refractivity contribution in [3.8, 4) is 0 Å². The molecule has 0 amide bonds. The molecule has 0 heterocycles. The van der Waals surface area contributed by atoms with E-state index in [0.29, 0.717) is 0 Å². The van der Waals surface area contributed by atoms with Gasteiger partial charge in [-0.05, 0) is 63.5 Å². The zero-order valence-corrected chi connectivity index (χ0v) is 14.4. The summed E-state index contributed by atoms with van der Waals surface area (Å²) in [6, 6.07) is 11.2. The van der Waals surface area contributed by atoms with Gasteiger partial charge in [0, 0.05) is 5.54 Å². The molecule has 1 fully saturated rings. The lowest BCUT2D eigenvalue weighted by Gasteiger charge is -2.38. The second-order valence-corrected chi connectivity index (χ2v) is 7.88. The van der Waals surface area contributed by atoms with Crippen molar-refractivity contribution >= 4 is 0 Å². The summed E-state index contributed by atoms with van der Waals surface area (Å²) in [5, 5.41) is 3.74. The topological polar surface area (TPSA) is 12.0 Å². The van der Waals surface area contributed by atoms with Gasteiger partial charge in [-0.15, -0.1) is 0 Å². The van der Waals surface area contributed by atoms with Gasteiger partial charge >= 0.3 is 0 Å². The fourth-order valence-electron chi connectivity index (χ4n) is 3.78. The molecule has 118 valence electrons.